The summed E-state index contributed by atoms with van der Waals surface area (Å²) >= 11 is 9.63. The second kappa shape index (κ2) is 8.20. The largest absolute Gasteiger partial charge is 0.467 e. The lowest BCUT2D eigenvalue weighted by Gasteiger charge is -2.25. The van der Waals surface area contributed by atoms with Crippen LogP contribution in [0.5, 0.6) is 0 Å². The van der Waals surface area contributed by atoms with Gasteiger partial charge in [0.1, 0.15) is 11.3 Å². The summed E-state index contributed by atoms with van der Waals surface area (Å²) in [5.74, 6) is -0.980. The first kappa shape index (κ1) is 21.1. The Morgan fingerprint density at radius 2 is 1.94 bits per heavy atom. The van der Waals surface area contributed by atoms with Crippen LogP contribution >= 0.6 is 27.5 Å². The van der Waals surface area contributed by atoms with Crippen LogP contribution in [0.25, 0.3) is 11.8 Å². The first-order valence-corrected chi connectivity index (χ1v) is 10.5. The summed E-state index contributed by atoms with van der Waals surface area (Å²) in [5.41, 5.74) is 3.12. The molecule has 0 saturated carbocycles. The highest BCUT2D eigenvalue weighted by atomic mass is 79.9. The maximum absolute atomic E-state index is 12.9. The van der Waals surface area contributed by atoms with E-state index < -0.39 is 17.8 Å². The normalized spacial score (nSPS) is 15.7. The van der Waals surface area contributed by atoms with Gasteiger partial charge < -0.3 is 8.98 Å². The summed E-state index contributed by atoms with van der Waals surface area (Å²) in [6.45, 7) is 3.73. The van der Waals surface area contributed by atoms with Crippen LogP contribution in [0, 0.1) is 13.8 Å². The molecule has 0 radical (unpaired) electrons. The van der Waals surface area contributed by atoms with Gasteiger partial charge in [0.05, 0.1) is 17.8 Å². The molecule has 1 aliphatic heterocycles. The predicted molar refractivity (Wildman–Crippen MR) is 119 cm³/mol. The molecule has 0 unspecified atom stereocenters. The van der Waals surface area contributed by atoms with E-state index >= 15 is 0 Å². The first-order chi connectivity index (χ1) is 14.8. The van der Waals surface area contributed by atoms with Gasteiger partial charge in [-0.1, -0.05) is 11.6 Å². The van der Waals surface area contributed by atoms with Gasteiger partial charge in [0.25, 0.3) is 11.8 Å². The van der Waals surface area contributed by atoms with Gasteiger partial charge in [-0.05, 0) is 77.8 Å². The molecule has 1 saturated heterocycles. The predicted octanol–water partition coefficient (Wildman–Crippen LogP) is 4.77. The van der Waals surface area contributed by atoms with Crippen LogP contribution in [-0.4, -0.2) is 27.3 Å². The summed E-state index contributed by atoms with van der Waals surface area (Å²) < 4.78 is 7.98. The Balaban J connectivity index is 1.71. The molecular weight excluding hydrogens is 486 g/mol. The van der Waals surface area contributed by atoms with E-state index in [4.69, 9.17) is 16.0 Å². The quantitative estimate of drug-likeness (QED) is 0.412. The van der Waals surface area contributed by atoms with E-state index in [-0.39, 0.29) is 12.1 Å². The molecule has 0 aliphatic carbocycles. The zero-order valence-electron chi connectivity index (χ0n) is 16.6. The van der Waals surface area contributed by atoms with Crippen molar-refractivity contribution in [3.8, 4) is 5.69 Å². The average Bonchev–Trinajstić information content (AvgIpc) is 3.32. The lowest BCUT2D eigenvalue weighted by Crippen LogP contribution is -2.53. The number of imide groups is 2. The molecule has 2 aromatic heterocycles. The molecule has 7 nitrogen and oxygen atoms in total. The van der Waals surface area contributed by atoms with Gasteiger partial charge in [-0.3, -0.25) is 19.8 Å². The Labute approximate surface area is 191 Å². The standard InChI is InChI=1S/C22H17BrClN3O4/c1-12-8-14(13(2)27(12)15-5-6-18(23)19(24)10-15)9-17-20(28)25-22(30)26(21(17)29)11-16-4-3-7-31-16/h3-10H,11H2,1-2H3,(H,25,28,30)/b17-9+. The molecule has 4 amide bonds. The van der Waals surface area contributed by atoms with Gasteiger partial charge in [-0.2, -0.15) is 0 Å². The van der Waals surface area contributed by atoms with Gasteiger partial charge in [0.2, 0.25) is 0 Å². The van der Waals surface area contributed by atoms with Crippen LogP contribution in [0.1, 0.15) is 22.7 Å². The van der Waals surface area contributed by atoms with Crippen LogP contribution < -0.4 is 5.32 Å². The van der Waals surface area contributed by atoms with Crippen LogP contribution in [0.15, 0.2) is 57.1 Å². The Hall–Kier alpha value is -3.10. The van der Waals surface area contributed by atoms with Crippen molar-refractivity contribution in [1.82, 2.24) is 14.8 Å². The van der Waals surface area contributed by atoms with Crippen LogP contribution in [0.3, 0.4) is 0 Å². The fraction of sp³-hybridized carbons (Fsp3) is 0.136. The van der Waals surface area contributed by atoms with E-state index in [0.29, 0.717) is 16.3 Å². The maximum Gasteiger partial charge on any atom is 0.331 e. The van der Waals surface area contributed by atoms with E-state index in [2.05, 4.69) is 21.2 Å². The number of barbiturate groups is 1. The average molecular weight is 503 g/mol. The molecular formula is C22H17BrClN3O4. The lowest BCUT2D eigenvalue weighted by atomic mass is 10.1. The molecule has 31 heavy (non-hydrogen) atoms. The fourth-order valence-corrected chi connectivity index (χ4v) is 3.93. The van der Waals surface area contributed by atoms with Crippen molar-refractivity contribution in [1.29, 1.82) is 0 Å². The molecule has 3 heterocycles. The molecule has 1 fully saturated rings. The Morgan fingerprint density at radius 1 is 1.16 bits per heavy atom. The number of nitrogens with one attached hydrogen (secondary N) is 1. The SMILES string of the molecule is Cc1cc(/C=C2\C(=O)NC(=O)N(Cc3ccco3)C2=O)c(C)n1-c1ccc(Br)c(Cl)c1. The second-order valence-corrected chi connectivity index (χ2v) is 8.31. The Morgan fingerprint density at radius 3 is 2.61 bits per heavy atom. The zero-order valence-corrected chi connectivity index (χ0v) is 19.0. The number of aromatic nitrogens is 1. The van der Waals surface area contributed by atoms with E-state index in [0.717, 1.165) is 26.4 Å². The molecule has 1 aliphatic rings. The highest BCUT2D eigenvalue weighted by Gasteiger charge is 2.36. The monoisotopic (exact) mass is 501 g/mol. The number of hydrogen-bond donors (Lipinski definition) is 1. The van der Waals surface area contributed by atoms with E-state index in [1.807, 2.05) is 42.7 Å². The van der Waals surface area contributed by atoms with Gasteiger partial charge >= 0.3 is 6.03 Å². The number of hydrogen-bond acceptors (Lipinski definition) is 4. The summed E-state index contributed by atoms with van der Waals surface area (Å²) in [6.07, 6.45) is 2.95. The third-order valence-corrected chi connectivity index (χ3v) is 6.24. The lowest BCUT2D eigenvalue weighted by molar-refractivity contribution is -0.130. The molecule has 0 spiro atoms. The summed E-state index contributed by atoms with van der Waals surface area (Å²) in [4.78, 5) is 38.5. The molecule has 0 atom stereocenters. The molecule has 0 bridgehead atoms. The van der Waals surface area contributed by atoms with Gasteiger partial charge in [-0.25, -0.2) is 4.79 Å². The summed E-state index contributed by atoms with van der Waals surface area (Å²) in [6, 6.07) is 9.99. The topological polar surface area (TPSA) is 84.6 Å². The molecule has 158 valence electrons. The zero-order chi connectivity index (χ0) is 22.3. The van der Waals surface area contributed by atoms with Crippen molar-refractivity contribution in [2.24, 2.45) is 0 Å². The maximum atomic E-state index is 12.9. The van der Waals surface area contributed by atoms with Gasteiger partial charge in [0.15, 0.2) is 0 Å². The molecule has 4 rings (SSSR count). The number of nitrogens with zero attached hydrogens (tertiary/aromatic N) is 2. The van der Waals surface area contributed by atoms with Crippen LogP contribution in [0.2, 0.25) is 5.02 Å². The Bertz CT molecular complexity index is 1240. The van der Waals surface area contributed by atoms with Crippen LogP contribution in [-0.2, 0) is 16.1 Å². The number of furan rings is 1. The van der Waals surface area contributed by atoms with Crippen LogP contribution in [0.4, 0.5) is 4.79 Å². The van der Waals surface area contributed by atoms with Crippen molar-refractivity contribution >= 4 is 51.5 Å². The van der Waals surface area contributed by atoms with E-state index in [1.165, 1.54) is 12.3 Å². The molecule has 3 aromatic rings. The number of carbonyl (C=O) groups is 3. The molecule has 1 aromatic carbocycles. The molecule has 1 N–H and O–H groups in total. The number of amides is 4. The van der Waals surface area contributed by atoms with E-state index in [9.17, 15) is 14.4 Å². The highest BCUT2D eigenvalue weighted by Crippen LogP contribution is 2.29. The van der Waals surface area contributed by atoms with E-state index in [1.54, 1.807) is 12.1 Å². The smallest absolute Gasteiger partial charge is 0.331 e. The molecule has 9 heteroatoms. The van der Waals surface area contributed by atoms with Gasteiger partial charge in [0, 0.05) is 21.5 Å². The minimum atomic E-state index is -0.779. The number of aryl methyl sites for hydroxylation is 1. The van der Waals surface area contributed by atoms with Gasteiger partial charge in [-0.15, -0.1) is 0 Å². The highest BCUT2D eigenvalue weighted by molar-refractivity contribution is 9.10. The minimum Gasteiger partial charge on any atom is -0.467 e. The number of urea groups is 1. The number of carbonyl (C=O) groups excluding carboxylic acids is 3. The van der Waals surface area contributed by atoms with Crippen molar-refractivity contribution in [3.05, 3.63) is 80.4 Å². The number of halogens is 2. The fourth-order valence-electron chi connectivity index (χ4n) is 3.51. The summed E-state index contributed by atoms with van der Waals surface area (Å²) in [5, 5.41) is 2.78. The third kappa shape index (κ3) is 3.96. The van der Waals surface area contributed by atoms with Crippen molar-refractivity contribution in [3.63, 3.8) is 0 Å². The minimum absolute atomic E-state index is 0.0707. The van der Waals surface area contributed by atoms with Crippen molar-refractivity contribution in [2.75, 3.05) is 0 Å². The third-order valence-electron chi connectivity index (χ3n) is 5.01. The number of benzene rings is 1. The van der Waals surface area contributed by atoms with Crippen molar-refractivity contribution < 1.29 is 18.8 Å². The first-order valence-electron chi connectivity index (χ1n) is 9.32. The summed E-state index contributed by atoms with van der Waals surface area (Å²) in [7, 11) is 0. The Kier molecular flexibility index (Phi) is 5.60. The van der Waals surface area contributed by atoms with Crippen molar-refractivity contribution in [2.45, 2.75) is 20.4 Å². The number of rotatable bonds is 4. The second-order valence-electron chi connectivity index (χ2n) is 7.05.